The van der Waals surface area contributed by atoms with Crippen molar-refractivity contribution in [1.82, 2.24) is 0 Å². The maximum Gasteiger partial charge on any atom is 0.417 e. The molecule has 0 unspecified atom stereocenters. The van der Waals surface area contributed by atoms with Crippen LogP contribution in [0.3, 0.4) is 0 Å². The van der Waals surface area contributed by atoms with E-state index in [1.165, 1.54) is 19.2 Å². The summed E-state index contributed by atoms with van der Waals surface area (Å²) in [7, 11) is 1.49. The molecule has 1 N–H and O–H groups in total. The molecule has 2 aromatic rings. The molecule has 0 aliphatic heterocycles. The molecule has 0 spiro atoms. The van der Waals surface area contributed by atoms with Crippen LogP contribution in [0.5, 0.6) is 5.75 Å². The Labute approximate surface area is 152 Å². The van der Waals surface area contributed by atoms with Gasteiger partial charge < -0.3 is 10.1 Å². The molecule has 0 aliphatic rings. The summed E-state index contributed by atoms with van der Waals surface area (Å²) in [6, 6.07) is 8.89. The number of hydrogen-bond donors (Lipinski definition) is 1. The van der Waals surface area contributed by atoms with Crippen LogP contribution < -0.4 is 10.1 Å². The molecule has 0 atom stereocenters. The highest BCUT2D eigenvalue weighted by Crippen LogP contribution is 2.37. The number of benzene rings is 2. The van der Waals surface area contributed by atoms with Crippen LogP contribution in [-0.2, 0) is 11.0 Å². The second-order valence-electron chi connectivity index (χ2n) is 5.18. The van der Waals surface area contributed by atoms with E-state index in [1.807, 2.05) is 13.0 Å². The Morgan fingerprint density at radius 3 is 2.60 bits per heavy atom. The van der Waals surface area contributed by atoms with Crippen LogP contribution in [0, 0.1) is 6.92 Å². The summed E-state index contributed by atoms with van der Waals surface area (Å²) in [5, 5.41) is 2.33. The zero-order valence-corrected chi connectivity index (χ0v) is 15.0. The van der Waals surface area contributed by atoms with Gasteiger partial charge >= 0.3 is 6.18 Å². The highest BCUT2D eigenvalue weighted by Gasteiger charge is 2.33. The van der Waals surface area contributed by atoms with Gasteiger partial charge in [-0.15, -0.1) is 11.8 Å². The fourth-order valence-electron chi connectivity index (χ4n) is 2.07. The highest BCUT2D eigenvalue weighted by atomic mass is 35.5. The van der Waals surface area contributed by atoms with Gasteiger partial charge in [-0.05, 0) is 42.8 Å². The smallest absolute Gasteiger partial charge is 0.417 e. The summed E-state index contributed by atoms with van der Waals surface area (Å²) in [5.74, 6) is 0.114. The van der Waals surface area contributed by atoms with Crippen LogP contribution >= 0.6 is 23.4 Å². The monoisotopic (exact) mass is 389 g/mol. The Balaban J connectivity index is 2.05. The molecule has 0 heterocycles. The van der Waals surface area contributed by atoms with Crippen LogP contribution in [0.15, 0.2) is 41.3 Å². The molecule has 8 heteroatoms. The molecule has 0 saturated heterocycles. The number of carbonyl (C=O) groups is 1. The second kappa shape index (κ2) is 8.01. The number of thioether (sulfide) groups is 1. The molecule has 2 aromatic carbocycles. The predicted octanol–water partition coefficient (Wildman–Crippen LogP) is 5.41. The first kappa shape index (κ1) is 19.5. The number of anilines is 1. The average Bonchev–Trinajstić information content (AvgIpc) is 2.53. The summed E-state index contributed by atoms with van der Waals surface area (Å²) in [6.45, 7) is 1.87. The van der Waals surface area contributed by atoms with Crippen molar-refractivity contribution in [3.05, 3.63) is 52.5 Å². The van der Waals surface area contributed by atoms with E-state index < -0.39 is 11.7 Å². The minimum Gasteiger partial charge on any atom is -0.495 e. The maximum absolute atomic E-state index is 12.8. The molecule has 0 aliphatic carbocycles. The Hall–Kier alpha value is -1.86. The zero-order chi connectivity index (χ0) is 18.6. The van der Waals surface area contributed by atoms with E-state index in [0.717, 1.165) is 23.4 Å². The topological polar surface area (TPSA) is 38.3 Å². The standard InChI is InChI=1S/C17H15ClF3NO2S/c1-10-3-6-15(24-2)14(7-10)22-16(23)9-25-11-4-5-13(18)12(8-11)17(19,20)21/h3-8H,9H2,1-2H3,(H,22,23). The molecule has 3 nitrogen and oxygen atoms in total. The van der Waals surface area contributed by atoms with Gasteiger partial charge in [-0.25, -0.2) is 0 Å². The summed E-state index contributed by atoms with van der Waals surface area (Å²) >= 11 is 6.57. The van der Waals surface area contributed by atoms with E-state index >= 15 is 0 Å². The first-order valence-corrected chi connectivity index (χ1v) is 8.51. The van der Waals surface area contributed by atoms with Crippen molar-refractivity contribution < 1.29 is 22.7 Å². The van der Waals surface area contributed by atoms with Crippen molar-refractivity contribution in [3.63, 3.8) is 0 Å². The van der Waals surface area contributed by atoms with E-state index in [1.54, 1.807) is 12.1 Å². The van der Waals surface area contributed by atoms with Crippen LogP contribution in [-0.4, -0.2) is 18.8 Å². The second-order valence-corrected chi connectivity index (χ2v) is 6.64. The lowest BCUT2D eigenvalue weighted by molar-refractivity contribution is -0.137. The van der Waals surface area contributed by atoms with Gasteiger partial charge in [0.25, 0.3) is 0 Å². The van der Waals surface area contributed by atoms with E-state index in [9.17, 15) is 18.0 Å². The number of alkyl halides is 3. The highest BCUT2D eigenvalue weighted by molar-refractivity contribution is 8.00. The minimum absolute atomic E-state index is 0.0456. The van der Waals surface area contributed by atoms with Crippen molar-refractivity contribution in [2.24, 2.45) is 0 Å². The minimum atomic E-state index is -4.54. The van der Waals surface area contributed by atoms with Gasteiger partial charge in [0.1, 0.15) is 5.75 Å². The summed E-state index contributed by atoms with van der Waals surface area (Å²) in [4.78, 5) is 12.4. The Morgan fingerprint density at radius 1 is 1.24 bits per heavy atom. The van der Waals surface area contributed by atoms with Crippen LogP contribution in [0.1, 0.15) is 11.1 Å². The van der Waals surface area contributed by atoms with Gasteiger partial charge in [0.15, 0.2) is 0 Å². The fourth-order valence-corrected chi connectivity index (χ4v) is 3.03. The van der Waals surface area contributed by atoms with Crippen molar-refractivity contribution in [2.75, 3.05) is 18.2 Å². The molecule has 0 fully saturated rings. The number of nitrogens with one attached hydrogen (secondary N) is 1. The molecule has 0 aromatic heterocycles. The molecule has 0 radical (unpaired) electrons. The number of hydrogen-bond acceptors (Lipinski definition) is 3. The lowest BCUT2D eigenvalue weighted by atomic mass is 10.2. The number of amides is 1. The number of aryl methyl sites for hydroxylation is 1. The number of ether oxygens (including phenoxy) is 1. The molecule has 1 amide bonds. The first-order chi connectivity index (χ1) is 11.7. The van der Waals surface area contributed by atoms with Gasteiger partial charge in [-0.3, -0.25) is 4.79 Å². The zero-order valence-electron chi connectivity index (χ0n) is 13.4. The molecule has 0 saturated carbocycles. The van der Waals surface area contributed by atoms with Gasteiger partial charge in [0, 0.05) is 4.90 Å². The summed E-state index contributed by atoms with van der Waals surface area (Å²) in [5.41, 5.74) is 0.538. The largest absolute Gasteiger partial charge is 0.495 e. The molecule has 0 bridgehead atoms. The van der Waals surface area contributed by atoms with Gasteiger partial charge in [-0.1, -0.05) is 17.7 Å². The summed E-state index contributed by atoms with van der Waals surface area (Å²) in [6.07, 6.45) is -4.54. The number of rotatable bonds is 5. The molecule has 2 rings (SSSR count). The normalized spacial score (nSPS) is 11.3. The van der Waals surface area contributed by atoms with Crippen molar-refractivity contribution >= 4 is 35.0 Å². The van der Waals surface area contributed by atoms with Gasteiger partial charge in [0.2, 0.25) is 5.91 Å². The third-order valence-electron chi connectivity index (χ3n) is 3.24. The van der Waals surface area contributed by atoms with E-state index in [4.69, 9.17) is 16.3 Å². The Morgan fingerprint density at radius 2 is 1.96 bits per heavy atom. The lowest BCUT2D eigenvalue weighted by Gasteiger charge is -2.12. The third-order valence-corrected chi connectivity index (χ3v) is 4.57. The molecular weight excluding hydrogens is 375 g/mol. The number of carbonyl (C=O) groups excluding carboxylic acids is 1. The van der Waals surface area contributed by atoms with Crippen molar-refractivity contribution in [3.8, 4) is 5.75 Å². The lowest BCUT2D eigenvalue weighted by Crippen LogP contribution is -2.15. The van der Waals surface area contributed by atoms with Gasteiger partial charge in [0.05, 0.1) is 29.1 Å². The van der Waals surface area contributed by atoms with E-state index in [0.29, 0.717) is 16.3 Å². The molecule has 25 heavy (non-hydrogen) atoms. The molecular formula is C17H15ClF3NO2S. The third kappa shape index (κ3) is 5.31. The Kier molecular flexibility index (Phi) is 6.24. The number of methoxy groups -OCH3 is 1. The van der Waals surface area contributed by atoms with Crippen LogP contribution in [0.25, 0.3) is 0 Å². The fraction of sp³-hybridized carbons (Fsp3) is 0.235. The molecule has 134 valence electrons. The number of halogens is 4. The van der Waals surface area contributed by atoms with E-state index in [2.05, 4.69) is 5.32 Å². The summed E-state index contributed by atoms with van der Waals surface area (Å²) < 4.78 is 43.7. The SMILES string of the molecule is COc1ccc(C)cc1NC(=O)CSc1ccc(Cl)c(C(F)(F)F)c1. The first-order valence-electron chi connectivity index (χ1n) is 7.14. The van der Waals surface area contributed by atoms with Crippen LogP contribution in [0.2, 0.25) is 5.02 Å². The van der Waals surface area contributed by atoms with Crippen LogP contribution in [0.4, 0.5) is 18.9 Å². The Bertz CT molecular complexity index is 781. The quantitative estimate of drug-likeness (QED) is 0.695. The maximum atomic E-state index is 12.8. The van der Waals surface area contributed by atoms with Gasteiger partial charge in [-0.2, -0.15) is 13.2 Å². The predicted molar refractivity (Wildman–Crippen MR) is 93.5 cm³/mol. The van der Waals surface area contributed by atoms with Crippen molar-refractivity contribution in [1.29, 1.82) is 0 Å². The average molecular weight is 390 g/mol. The van der Waals surface area contributed by atoms with Crippen molar-refractivity contribution in [2.45, 2.75) is 18.0 Å². The van der Waals surface area contributed by atoms with E-state index in [-0.39, 0.29) is 16.7 Å².